The topological polar surface area (TPSA) is 41.9 Å². The van der Waals surface area contributed by atoms with Crippen molar-refractivity contribution in [2.45, 2.75) is 6.54 Å². The second-order valence-corrected chi connectivity index (χ2v) is 6.51. The van der Waals surface area contributed by atoms with Gasteiger partial charge in [-0.05, 0) is 36.5 Å². The summed E-state index contributed by atoms with van der Waals surface area (Å²) in [6.45, 7) is 0.332. The Bertz CT molecular complexity index is 893. The predicted octanol–water partition coefficient (Wildman–Crippen LogP) is 5.19. The monoisotopic (exact) mass is 394 g/mol. The minimum atomic E-state index is -0.262. The van der Waals surface area contributed by atoms with Crippen LogP contribution >= 0.6 is 35.4 Å². The van der Waals surface area contributed by atoms with Gasteiger partial charge in [-0.25, -0.2) is 4.39 Å². The molecular weight excluding hydrogens is 382 g/mol. The average Bonchev–Trinajstić information content (AvgIpc) is 2.95. The van der Waals surface area contributed by atoms with E-state index in [0.29, 0.717) is 38.8 Å². The normalized spacial score (nSPS) is 10.5. The lowest BCUT2D eigenvalue weighted by molar-refractivity contribution is 0.586. The van der Waals surface area contributed by atoms with E-state index in [1.807, 2.05) is 0 Å². The van der Waals surface area contributed by atoms with Gasteiger partial charge in [-0.3, -0.25) is 4.68 Å². The first-order valence-electron chi connectivity index (χ1n) is 7.30. The third-order valence-electron chi connectivity index (χ3n) is 3.29. The van der Waals surface area contributed by atoms with Crippen molar-refractivity contribution in [2.75, 3.05) is 10.6 Å². The summed E-state index contributed by atoms with van der Waals surface area (Å²) in [4.78, 5) is 0. The molecule has 25 heavy (non-hydrogen) atoms. The predicted molar refractivity (Wildman–Crippen MR) is 104 cm³/mol. The minimum Gasteiger partial charge on any atom is -0.332 e. The maximum Gasteiger partial charge on any atom is 0.176 e. The van der Waals surface area contributed by atoms with Crippen LogP contribution in [0.5, 0.6) is 0 Å². The number of rotatable bonds is 4. The summed E-state index contributed by atoms with van der Waals surface area (Å²) in [5.74, 6) is 0.282. The van der Waals surface area contributed by atoms with E-state index in [9.17, 15) is 4.39 Å². The molecule has 0 aliphatic carbocycles. The molecule has 0 saturated heterocycles. The van der Waals surface area contributed by atoms with Crippen LogP contribution in [-0.4, -0.2) is 14.9 Å². The number of nitrogens with zero attached hydrogens (tertiary/aromatic N) is 2. The first kappa shape index (κ1) is 17.7. The molecule has 3 rings (SSSR count). The van der Waals surface area contributed by atoms with E-state index >= 15 is 0 Å². The van der Waals surface area contributed by atoms with E-state index in [2.05, 4.69) is 15.7 Å². The van der Waals surface area contributed by atoms with Gasteiger partial charge in [-0.1, -0.05) is 41.4 Å². The maximum atomic E-state index is 13.7. The van der Waals surface area contributed by atoms with E-state index in [1.54, 1.807) is 53.3 Å². The van der Waals surface area contributed by atoms with Gasteiger partial charge in [0, 0.05) is 33.6 Å². The van der Waals surface area contributed by atoms with E-state index in [0.717, 1.165) is 0 Å². The van der Waals surface area contributed by atoms with Crippen molar-refractivity contribution in [3.05, 3.63) is 76.2 Å². The Kier molecular flexibility index (Phi) is 5.53. The number of aromatic nitrogens is 2. The Morgan fingerprint density at radius 3 is 2.52 bits per heavy atom. The summed E-state index contributed by atoms with van der Waals surface area (Å²) in [6, 6.07) is 13.4. The smallest absolute Gasteiger partial charge is 0.176 e. The van der Waals surface area contributed by atoms with Gasteiger partial charge in [0.05, 0.1) is 6.54 Å². The lowest BCUT2D eigenvalue weighted by Crippen LogP contribution is -2.19. The van der Waals surface area contributed by atoms with Crippen LogP contribution in [0.2, 0.25) is 10.0 Å². The van der Waals surface area contributed by atoms with Crippen LogP contribution in [0.4, 0.5) is 15.9 Å². The molecule has 128 valence electrons. The summed E-state index contributed by atoms with van der Waals surface area (Å²) in [5, 5.41) is 11.6. The van der Waals surface area contributed by atoms with Crippen LogP contribution in [0.3, 0.4) is 0 Å². The van der Waals surface area contributed by atoms with Crippen LogP contribution in [-0.2, 0) is 6.54 Å². The Hall–Kier alpha value is -2.15. The second kappa shape index (κ2) is 7.82. The summed E-state index contributed by atoms with van der Waals surface area (Å²) in [5.41, 5.74) is 1.23. The standard InChI is InChI=1S/C17H13Cl2FN4S/c18-12-7-13(19)9-14(8-12)21-17(25)22-16-5-6-24(23-16)10-11-3-1-2-4-15(11)20/h1-9H,10H2,(H2,21,22,23,25). The zero-order chi connectivity index (χ0) is 17.8. The van der Waals surface area contributed by atoms with Crippen molar-refractivity contribution < 1.29 is 4.39 Å². The number of thiocarbonyl (C=S) groups is 1. The summed E-state index contributed by atoms with van der Waals surface area (Å²) in [6.07, 6.45) is 1.74. The third-order valence-corrected chi connectivity index (χ3v) is 3.93. The number of hydrogen-bond donors (Lipinski definition) is 2. The molecule has 0 bridgehead atoms. The fourth-order valence-electron chi connectivity index (χ4n) is 2.22. The molecule has 0 radical (unpaired) electrons. The number of halogens is 3. The number of nitrogens with one attached hydrogen (secondary N) is 2. The largest absolute Gasteiger partial charge is 0.332 e. The number of hydrogen-bond acceptors (Lipinski definition) is 2. The van der Waals surface area contributed by atoms with Crippen LogP contribution in [0.1, 0.15) is 5.56 Å². The van der Waals surface area contributed by atoms with Crippen molar-refractivity contribution in [1.29, 1.82) is 0 Å². The van der Waals surface area contributed by atoms with Crippen molar-refractivity contribution >= 4 is 52.0 Å². The maximum absolute atomic E-state index is 13.7. The molecule has 2 N–H and O–H groups in total. The summed E-state index contributed by atoms with van der Waals surface area (Å²) >= 11 is 17.2. The Labute approximate surface area is 159 Å². The molecule has 0 unspecified atom stereocenters. The van der Waals surface area contributed by atoms with Gasteiger partial charge in [0.1, 0.15) is 5.82 Å². The molecule has 1 aromatic heterocycles. The Balaban J connectivity index is 1.63. The Morgan fingerprint density at radius 1 is 1.08 bits per heavy atom. The molecule has 0 atom stereocenters. The van der Waals surface area contributed by atoms with E-state index in [-0.39, 0.29) is 5.82 Å². The summed E-state index contributed by atoms with van der Waals surface area (Å²) in [7, 11) is 0. The van der Waals surface area contributed by atoms with Gasteiger partial charge in [0.2, 0.25) is 0 Å². The molecule has 0 saturated carbocycles. The fraction of sp³-hybridized carbons (Fsp3) is 0.0588. The fourth-order valence-corrected chi connectivity index (χ4v) is 2.97. The van der Waals surface area contributed by atoms with Crippen molar-refractivity contribution in [3.8, 4) is 0 Å². The molecule has 8 heteroatoms. The number of anilines is 2. The van der Waals surface area contributed by atoms with Gasteiger partial charge in [-0.2, -0.15) is 5.10 Å². The molecule has 0 aliphatic rings. The van der Waals surface area contributed by atoms with Gasteiger partial charge in [0.15, 0.2) is 10.9 Å². The molecule has 0 aliphatic heterocycles. The highest BCUT2D eigenvalue weighted by molar-refractivity contribution is 7.80. The van der Waals surface area contributed by atoms with Gasteiger partial charge >= 0.3 is 0 Å². The molecule has 0 spiro atoms. The van der Waals surface area contributed by atoms with Gasteiger partial charge in [0.25, 0.3) is 0 Å². The van der Waals surface area contributed by atoms with Crippen LogP contribution in [0.15, 0.2) is 54.7 Å². The third kappa shape index (κ3) is 4.92. The second-order valence-electron chi connectivity index (χ2n) is 5.23. The van der Waals surface area contributed by atoms with E-state index in [1.165, 1.54) is 6.07 Å². The van der Waals surface area contributed by atoms with Crippen molar-refractivity contribution in [1.82, 2.24) is 9.78 Å². The molecule has 0 fully saturated rings. The van der Waals surface area contributed by atoms with Crippen LogP contribution < -0.4 is 10.6 Å². The summed E-state index contributed by atoms with van der Waals surface area (Å²) < 4.78 is 15.3. The highest BCUT2D eigenvalue weighted by Gasteiger charge is 2.06. The number of benzene rings is 2. The lowest BCUT2D eigenvalue weighted by Gasteiger charge is -2.09. The van der Waals surface area contributed by atoms with Gasteiger partial charge < -0.3 is 10.6 Å². The highest BCUT2D eigenvalue weighted by atomic mass is 35.5. The molecule has 3 aromatic rings. The quantitative estimate of drug-likeness (QED) is 0.597. The zero-order valence-electron chi connectivity index (χ0n) is 12.8. The first-order chi connectivity index (χ1) is 12.0. The average molecular weight is 395 g/mol. The van der Waals surface area contributed by atoms with Crippen molar-refractivity contribution in [3.63, 3.8) is 0 Å². The van der Waals surface area contributed by atoms with E-state index in [4.69, 9.17) is 35.4 Å². The first-order valence-corrected chi connectivity index (χ1v) is 8.47. The molecule has 4 nitrogen and oxygen atoms in total. The molecule has 1 heterocycles. The van der Waals surface area contributed by atoms with Crippen LogP contribution in [0.25, 0.3) is 0 Å². The van der Waals surface area contributed by atoms with Crippen molar-refractivity contribution in [2.24, 2.45) is 0 Å². The molecule has 0 amide bonds. The minimum absolute atomic E-state index is 0.262. The Morgan fingerprint density at radius 2 is 1.80 bits per heavy atom. The van der Waals surface area contributed by atoms with Crippen LogP contribution in [0, 0.1) is 5.82 Å². The zero-order valence-corrected chi connectivity index (χ0v) is 15.2. The molecular formula is C17H13Cl2FN4S. The lowest BCUT2D eigenvalue weighted by atomic mass is 10.2. The molecule has 2 aromatic carbocycles. The van der Waals surface area contributed by atoms with Gasteiger partial charge in [-0.15, -0.1) is 0 Å². The van der Waals surface area contributed by atoms with E-state index < -0.39 is 0 Å². The highest BCUT2D eigenvalue weighted by Crippen LogP contribution is 2.22. The SMILES string of the molecule is Fc1ccccc1Cn1ccc(NC(=S)Nc2cc(Cl)cc(Cl)c2)n1.